The molecule has 1 amide bonds. The molecule has 1 fully saturated rings. The molecule has 0 radical (unpaired) electrons. The Labute approximate surface area is 222 Å². The zero-order valence-corrected chi connectivity index (χ0v) is 22.0. The second-order valence-electron chi connectivity index (χ2n) is 9.02. The highest BCUT2D eigenvalue weighted by atomic mass is 16.5. The average molecular weight is 522 g/mol. The van der Waals surface area contributed by atoms with E-state index in [1.54, 1.807) is 31.2 Å². The number of nitrogens with zero attached hydrogens (tertiary/aromatic N) is 4. The van der Waals surface area contributed by atoms with Crippen molar-refractivity contribution in [2.24, 2.45) is 0 Å². The number of esters is 1. The van der Waals surface area contributed by atoms with Crippen molar-refractivity contribution in [2.45, 2.75) is 33.4 Å². The summed E-state index contributed by atoms with van der Waals surface area (Å²) in [7, 11) is 0. The summed E-state index contributed by atoms with van der Waals surface area (Å²) in [5, 5.41) is 8.21. The first-order valence-electron chi connectivity index (χ1n) is 13.1. The minimum absolute atomic E-state index is 0.0520. The molecular formula is C28H35N5O5. The Morgan fingerprint density at radius 1 is 0.947 bits per heavy atom. The van der Waals surface area contributed by atoms with Crippen LogP contribution >= 0.6 is 0 Å². The summed E-state index contributed by atoms with van der Waals surface area (Å²) in [4.78, 5) is 42.2. The molecule has 0 spiro atoms. The van der Waals surface area contributed by atoms with Crippen molar-refractivity contribution in [3.05, 3.63) is 64.6 Å². The van der Waals surface area contributed by atoms with Gasteiger partial charge in [-0.15, -0.1) is 0 Å². The third-order valence-electron chi connectivity index (χ3n) is 6.52. The number of carbonyl (C=O) groups is 2. The molecule has 10 heteroatoms. The average Bonchev–Trinajstić information content (AvgIpc) is 2.94. The molecular weight excluding hydrogens is 486 g/mol. The molecule has 38 heavy (non-hydrogen) atoms. The Morgan fingerprint density at radius 2 is 1.66 bits per heavy atom. The third-order valence-corrected chi connectivity index (χ3v) is 6.52. The van der Waals surface area contributed by atoms with Crippen LogP contribution in [0.5, 0.6) is 5.75 Å². The van der Waals surface area contributed by atoms with Crippen LogP contribution in [0.4, 0.5) is 5.69 Å². The van der Waals surface area contributed by atoms with E-state index < -0.39 is 5.97 Å². The number of benzene rings is 2. The zero-order valence-electron chi connectivity index (χ0n) is 22.0. The van der Waals surface area contributed by atoms with Crippen LogP contribution in [0.25, 0.3) is 10.8 Å². The number of amides is 1. The molecule has 1 saturated heterocycles. The van der Waals surface area contributed by atoms with Gasteiger partial charge in [0.15, 0.2) is 0 Å². The van der Waals surface area contributed by atoms with Crippen molar-refractivity contribution < 1.29 is 19.1 Å². The molecule has 0 unspecified atom stereocenters. The lowest BCUT2D eigenvalue weighted by Crippen LogP contribution is -2.47. The molecule has 0 aliphatic carbocycles. The van der Waals surface area contributed by atoms with Gasteiger partial charge < -0.3 is 19.7 Å². The second-order valence-corrected chi connectivity index (χ2v) is 9.02. The molecule has 2 heterocycles. The minimum Gasteiger partial charge on any atom is -0.492 e. The van der Waals surface area contributed by atoms with Gasteiger partial charge in [0.2, 0.25) is 5.91 Å². The van der Waals surface area contributed by atoms with Gasteiger partial charge in [0.1, 0.15) is 12.4 Å². The van der Waals surface area contributed by atoms with E-state index in [0.29, 0.717) is 36.0 Å². The largest absolute Gasteiger partial charge is 0.492 e. The van der Waals surface area contributed by atoms with Crippen molar-refractivity contribution in [3.8, 4) is 5.75 Å². The van der Waals surface area contributed by atoms with Crippen molar-refractivity contribution in [1.82, 2.24) is 20.0 Å². The Kier molecular flexibility index (Phi) is 9.31. The molecule has 0 bridgehead atoms. The lowest BCUT2D eigenvalue weighted by molar-refractivity contribution is -0.142. The fourth-order valence-corrected chi connectivity index (χ4v) is 4.61. The number of ether oxygens (including phenoxy) is 2. The second kappa shape index (κ2) is 13.0. The van der Waals surface area contributed by atoms with E-state index in [-0.39, 0.29) is 31.2 Å². The summed E-state index contributed by atoms with van der Waals surface area (Å²) in [5.41, 5.74) is 1.22. The van der Waals surface area contributed by atoms with Gasteiger partial charge in [-0.05, 0) is 32.0 Å². The summed E-state index contributed by atoms with van der Waals surface area (Å²) in [6.07, 6.45) is 0.261. The van der Waals surface area contributed by atoms with Gasteiger partial charge in [0, 0.05) is 44.5 Å². The molecule has 0 saturated carbocycles. The number of anilines is 1. The fraction of sp³-hybridized carbons (Fsp3) is 0.429. The van der Waals surface area contributed by atoms with Gasteiger partial charge in [0.25, 0.3) is 5.56 Å². The van der Waals surface area contributed by atoms with Crippen LogP contribution in [-0.2, 0) is 27.4 Å². The number of aromatic nitrogens is 2. The normalized spacial score (nSPS) is 13.9. The molecule has 202 valence electrons. The lowest BCUT2D eigenvalue weighted by atomic mass is 10.1. The third kappa shape index (κ3) is 6.69. The predicted molar refractivity (Wildman–Crippen MR) is 145 cm³/mol. The first kappa shape index (κ1) is 27.1. The lowest BCUT2D eigenvalue weighted by Gasteiger charge is -2.36. The highest BCUT2D eigenvalue weighted by molar-refractivity contribution is 5.87. The standard InChI is InChI=1S/C28H35N5O5/c1-3-37-25-12-8-7-11-24(25)32-17-15-31(16-18-32)14-13-26(34)29-20-33-28(36)22-10-6-5-9-21(22)23(30-33)19-27(35)38-4-2/h5-12H,3-4,13-20H2,1-2H3,(H,29,34). The van der Waals surface area contributed by atoms with E-state index in [4.69, 9.17) is 9.47 Å². The van der Waals surface area contributed by atoms with Crippen molar-refractivity contribution in [1.29, 1.82) is 0 Å². The molecule has 1 aliphatic rings. The summed E-state index contributed by atoms with van der Waals surface area (Å²) in [5.74, 6) is 0.314. The quantitative estimate of drug-likeness (QED) is 0.383. The summed E-state index contributed by atoms with van der Waals surface area (Å²) < 4.78 is 12.0. The van der Waals surface area contributed by atoms with Crippen molar-refractivity contribution in [3.63, 3.8) is 0 Å². The highest BCUT2D eigenvalue weighted by Gasteiger charge is 2.20. The van der Waals surface area contributed by atoms with Crippen molar-refractivity contribution >= 4 is 28.3 Å². The Hall–Kier alpha value is -3.92. The topological polar surface area (TPSA) is 106 Å². The number of piperazine rings is 1. The summed E-state index contributed by atoms with van der Waals surface area (Å²) in [6, 6.07) is 15.1. The number of para-hydroxylation sites is 2. The number of carbonyl (C=O) groups excluding carboxylic acids is 2. The van der Waals surface area contributed by atoms with Gasteiger partial charge in [-0.3, -0.25) is 19.3 Å². The van der Waals surface area contributed by atoms with Crippen molar-refractivity contribution in [2.75, 3.05) is 50.8 Å². The Bertz CT molecular complexity index is 1320. The monoisotopic (exact) mass is 521 g/mol. The summed E-state index contributed by atoms with van der Waals surface area (Å²) >= 11 is 0. The van der Waals surface area contributed by atoms with Gasteiger partial charge >= 0.3 is 5.97 Å². The molecule has 3 aromatic rings. The number of hydrogen-bond donors (Lipinski definition) is 1. The van der Waals surface area contributed by atoms with E-state index in [2.05, 4.69) is 26.3 Å². The minimum atomic E-state index is -0.416. The molecule has 10 nitrogen and oxygen atoms in total. The molecule has 2 aromatic carbocycles. The van der Waals surface area contributed by atoms with E-state index in [9.17, 15) is 14.4 Å². The molecule has 1 N–H and O–H groups in total. The van der Waals surface area contributed by atoms with Gasteiger partial charge in [0.05, 0.1) is 36.4 Å². The highest BCUT2D eigenvalue weighted by Crippen LogP contribution is 2.28. The van der Waals surface area contributed by atoms with E-state index in [0.717, 1.165) is 37.6 Å². The van der Waals surface area contributed by atoms with Crippen LogP contribution in [0.15, 0.2) is 53.3 Å². The maximum atomic E-state index is 12.9. The van der Waals surface area contributed by atoms with Crippen LogP contribution in [0, 0.1) is 0 Å². The van der Waals surface area contributed by atoms with Crippen LogP contribution < -0.4 is 20.5 Å². The van der Waals surface area contributed by atoms with Crippen LogP contribution in [0.3, 0.4) is 0 Å². The van der Waals surface area contributed by atoms with Crippen LogP contribution in [0.2, 0.25) is 0 Å². The Balaban J connectivity index is 1.31. The van der Waals surface area contributed by atoms with Gasteiger partial charge in [-0.25, -0.2) is 4.68 Å². The summed E-state index contributed by atoms with van der Waals surface area (Å²) in [6.45, 7) is 8.56. The van der Waals surface area contributed by atoms with Gasteiger partial charge in [-0.1, -0.05) is 30.3 Å². The van der Waals surface area contributed by atoms with E-state index in [1.165, 1.54) is 4.68 Å². The van der Waals surface area contributed by atoms with Crippen LogP contribution in [-0.4, -0.2) is 72.5 Å². The maximum absolute atomic E-state index is 12.9. The zero-order chi connectivity index (χ0) is 26.9. The number of nitrogens with one attached hydrogen (secondary N) is 1. The fourth-order valence-electron chi connectivity index (χ4n) is 4.61. The molecule has 0 atom stereocenters. The van der Waals surface area contributed by atoms with E-state index >= 15 is 0 Å². The smallest absolute Gasteiger partial charge is 0.311 e. The SMILES string of the molecule is CCOC(=O)Cc1nn(CNC(=O)CCN2CCN(c3ccccc3OCC)CC2)c(=O)c2ccccc12. The van der Waals surface area contributed by atoms with Crippen LogP contribution in [0.1, 0.15) is 26.0 Å². The molecule has 4 rings (SSSR count). The number of hydrogen-bond acceptors (Lipinski definition) is 8. The Morgan fingerprint density at radius 3 is 2.39 bits per heavy atom. The first-order valence-corrected chi connectivity index (χ1v) is 13.1. The number of rotatable bonds is 11. The maximum Gasteiger partial charge on any atom is 0.311 e. The molecule has 1 aromatic heterocycles. The predicted octanol–water partition coefficient (Wildman–Crippen LogP) is 2.19. The molecule has 1 aliphatic heterocycles. The number of fused-ring (bicyclic) bond motifs is 1. The van der Waals surface area contributed by atoms with E-state index in [1.807, 2.05) is 25.1 Å². The van der Waals surface area contributed by atoms with Gasteiger partial charge in [-0.2, -0.15) is 5.10 Å². The first-order chi connectivity index (χ1) is 18.5.